The van der Waals surface area contributed by atoms with E-state index in [1.54, 1.807) is 6.20 Å². The quantitative estimate of drug-likeness (QED) is 0.819. The van der Waals surface area contributed by atoms with Crippen LogP contribution >= 0.6 is 0 Å². The lowest BCUT2D eigenvalue weighted by atomic mass is 10.3. The van der Waals surface area contributed by atoms with Crippen molar-refractivity contribution in [2.24, 2.45) is 0 Å². The standard InChI is InChI=1S/C12H13N3O/c1-9-6-11(7-12(16)15-9)14-8-10-4-2-3-5-13-10/h2-7H,8H2,1H3,(H2,14,15,16). The van der Waals surface area contributed by atoms with E-state index in [0.717, 1.165) is 17.1 Å². The van der Waals surface area contributed by atoms with E-state index in [-0.39, 0.29) is 5.56 Å². The molecule has 82 valence electrons. The Hall–Kier alpha value is -2.10. The first kappa shape index (κ1) is 10.4. The van der Waals surface area contributed by atoms with E-state index < -0.39 is 0 Å². The van der Waals surface area contributed by atoms with Crippen molar-refractivity contribution in [3.8, 4) is 0 Å². The van der Waals surface area contributed by atoms with Crippen LogP contribution in [0.2, 0.25) is 0 Å². The third-order valence-electron chi connectivity index (χ3n) is 2.18. The van der Waals surface area contributed by atoms with Crippen molar-refractivity contribution in [2.75, 3.05) is 5.32 Å². The molecule has 0 saturated heterocycles. The Morgan fingerprint density at radius 2 is 2.25 bits per heavy atom. The highest BCUT2D eigenvalue weighted by molar-refractivity contribution is 5.43. The largest absolute Gasteiger partial charge is 0.379 e. The predicted molar refractivity (Wildman–Crippen MR) is 63.4 cm³/mol. The molecule has 0 amide bonds. The summed E-state index contributed by atoms with van der Waals surface area (Å²) < 4.78 is 0. The van der Waals surface area contributed by atoms with Crippen LogP contribution in [0.5, 0.6) is 0 Å². The molecule has 0 aliphatic carbocycles. The number of nitrogens with one attached hydrogen (secondary N) is 2. The van der Waals surface area contributed by atoms with E-state index >= 15 is 0 Å². The van der Waals surface area contributed by atoms with Gasteiger partial charge in [0.25, 0.3) is 0 Å². The summed E-state index contributed by atoms with van der Waals surface area (Å²) in [6, 6.07) is 9.18. The summed E-state index contributed by atoms with van der Waals surface area (Å²) in [6.45, 7) is 2.47. The van der Waals surface area contributed by atoms with Gasteiger partial charge in [0, 0.05) is 23.6 Å². The summed E-state index contributed by atoms with van der Waals surface area (Å²) in [5.41, 5.74) is 2.51. The lowest BCUT2D eigenvalue weighted by molar-refractivity contribution is 1.04. The van der Waals surface area contributed by atoms with Gasteiger partial charge in [0.1, 0.15) is 0 Å². The Morgan fingerprint density at radius 1 is 1.38 bits per heavy atom. The van der Waals surface area contributed by atoms with Gasteiger partial charge in [-0.2, -0.15) is 0 Å². The van der Waals surface area contributed by atoms with Gasteiger partial charge in [-0.15, -0.1) is 0 Å². The van der Waals surface area contributed by atoms with Crippen molar-refractivity contribution in [1.82, 2.24) is 9.97 Å². The first-order chi connectivity index (χ1) is 7.74. The minimum absolute atomic E-state index is 0.0940. The van der Waals surface area contributed by atoms with Crippen molar-refractivity contribution < 1.29 is 0 Å². The van der Waals surface area contributed by atoms with Gasteiger partial charge in [-0.3, -0.25) is 9.78 Å². The van der Waals surface area contributed by atoms with Gasteiger partial charge < -0.3 is 10.3 Å². The van der Waals surface area contributed by atoms with Gasteiger partial charge >= 0.3 is 0 Å². The second kappa shape index (κ2) is 4.61. The molecule has 2 heterocycles. The molecule has 0 aliphatic heterocycles. The van der Waals surface area contributed by atoms with Crippen LogP contribution in [0.4, 0.5) is 5.69 Å². The lowest BCUT2D eigenvalue weighted by Gasteiger charge is -2.05. The number of H-pyrrole nitrogens is 1. The average Bonchev–Trinajstić information content (AvgIpc) is 2.27. The molecule has 16 heavy (non-hydrogen) atoms. The molecule has 2 aromatic rings. The summed E-state index contributed by atoms with van der Waals surface area (Å²) in [6.07, 6.45) is 1.75. The maximum absolute atomic E-state index is 11.2. The smallest absolute Gasteiger partial charge is 0.250 e. The number of rotatable bonds is 3. The maximum atomic E-state index is 11.2. The number of aryl methyl sites for hydroxylation is 1. The molecule has 0 radical (unpaired) electrons. The van der Waals surface area contributed by atoms with Gasteiger partial charge in [-0.1, -0.05) is 6.07 Å². The van der Waals surface area contributed by atoms with Crippen LogP contribution in [0.15, 0.2) is 41.3 Å². The summed E-state index contributed by atoms with van der Waals surface area (Å²) in [4.78, 5) is 18.1. The highest BCUT2D eigenvalue weighted by atomic mass is 16.1. The number of anilines is 1. The van der Waals surface area contributed by atoms with Crippen LogP contribution in [-0.4, -0.2) is 9.97 Å². The van der Waals surface area contributed by atoms with Crippen LogP contribution in [-0.2, 0) is 6.54 Å². The zero-order valence-corrected chi connectivity index (χ0v) is 9.03. The molecule has 0 aromatic carbocycles. The summed E-state index contributed by atoms with van der Waals surface area (Å²) in [7, 11) is 0. The summed E-state index contributed by atoms with van der Waals surface area (Å²) >= 11 is 0. The Labute approximate surface area is 93.4 Å². The molecule has 0 aliphatic rings. The molecular formula is C12H13N3O. The van der Waals surface area contributed by atoms with Gasteiger partial charge in [0.15, 0.2) is 0 Å². The predicted octanol–water partition coefficient (Wildman–Crippen LogP) is 1.69. The SMILES string of the molecule is Cc1cc(NCc2ccccn2)cc(=O)[nH]1. The number of aromatic nitrogens is 2. The summed E-state index contributed by atoms with van der Waals surface area (Å²) in [5.74, 6) is 0. The van der Waals surface area contributed by atoms with Crippen LogP contribution in [0.1, 0.15) is 11.4 Å². The lowest BCUT2D eigenvalue weighted by Crippen LogP contribution is -2.09. The number of nitrogens with zero attached hydrogens (tertiary/aromatic N) is 1. The van der Waals surface area contributed by atoms with Crippen molar-refractivity contribution in [3.05, 3.63) is 58.3 Å². The molecule has 2 rings (SSSR count). The van der Waals surface area contributed by atoms with Gasteiger partial charge in [0.2, 0.25) is 5.56 Å². The molecule has 2 aromatic heterocycles. The van der Waals surface area contributed by atoms with Gasteiger partial charge in [-0.25, -0.2) is 0 Å². The first-order valence-corrected chi connectivity index (χ1v) is 5.09. The molecule has 0 unspecified atom stereocenters. The first-order valence-electron chi connectivity index (χ1n) is 5.09. The Kier molecular flexibility index (Phi) is 3.00. The second-order valence-corrected chi connectivity index (χ2v) is 3.59. The van der Waals surface area contributed by atoms with Crippen molar-refractivity contribution in [2.45, 2.75) is 13.5 Å². The van der Waals surface area contributed by atoms with E-state index in [4.69, 9.17) is 0 Å². The molecule has 0 bridgehead atoms. The number of aromatic amines is 1. The Morgan fingerprint density at radius 3 is 2.94 bits per heavy atom. The highest BCUT2D eigenvalue weighted by Crippen LogP contribution is 2.06. The topological polar surface area (TPSA) is 57.8 Å². The average molecular weight is 215 g/mol. The van der Waals surface area contributed by atoms with E-state index in [1.807, 2.05) is 31.2 Å². The fraction of sp³-hybridized carbons (Fsp3) is 0.167. The van der Waals surface area contributed by atoms with Crippen molar-refractivity contribution >= 4 is 5.69 Å². The van der Waals surface area contributed by atoms with Crippen LogP contribution in [0.3, 0.4) is 0 Å². The van der Waals surface area contributed by atoms with E-state index in [2.05, 4.69) is 15.3 Å². The minimum Gasteiger partial charge on any atom is -0.379 e. The maximum Gasteiger partial charge on any atom is 0.250 e. The number of hydrogen-bond acceptors (Lipinski definition) is 3. The van der Waals surface area contributed by atoms with Crippen LogP contribution < -0.4 is 10.9 Å². The second-order valence-electron chi connectivity index (χ2n) is 3.59. The van der Waals surface area contributed by atoms with Crippen molar-refractivity contribution in [1.29, 1.82) is 0 Å². The van der Waals surface area contributed by atoms with E-state index in [9.17, 15) is 4.79 Å². The molecule has 0 saturated carbocycles. The fourth-order valence-electron chi connectivity index (χ4n) is 1.48. The molecule has 0 spiro atoms. The number of hydrogen-bond donors (Lipinski definition) is 2. The molecule has 4 heteroatoms. The highest BCUT2D eigenvalue weighted by Gasteiger charge is 1.96. The zero-order chi connectivity index (χ0) is 11.4. The molecular weight excluding hydrogens is 202 g/mol. The van der Waals surface area contributed by atoms with Gasteiger partial charge in [0.05, 0.1) is 12.2 Å². The van der Waals surface area contributed by atoms with Crippen LogP contribution in [0, 0.1) is 6.92 Å². The third-order valence-corrected chi connectivity index (χ3v) is 2.18. The van der Waals surface area contributed by atoms with E-state index in [1.165, 1.54) is 6.07 Å². The fourth-order valence-corrected chi connectivity index (χ4v) is 1.48. The minimum atomic E-state index is -0.0940. The Balaban J connectivity index is 2.08. The number of pyridine rings is 2. The van der Waals surface area contributed by atoms with E-state index in [0.29, 0.717) is 6.54 Å². The third kappa shape index (κ3) is 2.70. The summed E-state index contributed by atoms with van der Waals surface area (Å²) in [5, 5.41) is 3.16. The van der Waals surface area contributed by atoms with Gasteiger partial charge in [-0.05, 0) is 25.1 Å². The molecule has 0 atom stereocenters. The zero-order valence-electron chi connectivity index (χ0n) is 9.03. The van der Waals surface area contributed by atoms with Crippen LogP contribution in [0.25, 0.3) is 0 Å². The molecule has 4 nitrogen and oxygen atoms in total. The normalized spacial score (nSPS) is 10.1. The monoisotopic (exact) mass is 215 g/mol. The Bertz CT molecular complexity index is 519. The molecule has 2 N–H and O–H groups in total. The molecule has 0 fully saturated rings. The van der Waals surface area contributed by atoms with Crippen molar-refractivity contribution in [3.63, 3.8) is 0 Å².